The number of nitrogens with zero attached hydrogens (tertiary/aromatic N) is 2. The molecular weight excluding hydrogens is 544 g/mol. The van der Waals surface area contributed by atoms with Crippen LogP contribution in [0.4, 0.5) is 0 Å². The predicted octanol–water partition coefficient (Wildman–Crippen LogP) is 11.5. The number of imidazole rings is 1. The van der Waals surface area contributed by atoms with Gasteiger partial charge in [0.25, 0.3) is 0 Å². The van der Waals surface area contributed by atoms with E-state index < -0.39 is 0 Å². The number of hydrogen-bond donors (Lipinski definition) is 0. The van der Waals surface area contributed by atoms with Crippen LogP contribution in [0.5, 0.6) is 0 Å². The van der Waals surface area contributed by atoms with Crippen molar-refractivity contribution in [3.63, 3.8) is 0 Å². The number of hydrogen-bond acceptors (Lipinski definition) is 1. The molecule has 1 aromatic heterocycles. The average Bonchev–Trinajstić information content (AvgIpc) is 3.50. The molecule has 2 nitrogen and oxygen atoms in total. The van der Waals surface area contributed by atoms with Crippen molar-refractivity contribution in [1.82, 2.24) is 9.55 Å². The quantitative estimate of drug-likeness (QED) is 0.192. The van der Waals surface area contributed by atoms with Crippen molar-refractivity contribution >= 4 is 43.4 Å². The van der Waals surface area contributed by atoms with Crippen molar-refractivity contribution in [2.24, 2.45) is 0 Å². The van der Waals surface area contributed by atoms with Crippen molar-refractivity contribution in [2.45, 2.75) is 0 Å². The van der Waals surface area contributed by atoms with Crippen molar-refractivity contribution in [3.05, 3.63) is 170 Å². The normalized spacial score (nSPS) is 11.6. The van der Waals surface area contributed by atoms with Gasteiger partial charge in [0.2, 0.25) is 0 Å². The summed E-state index contributed by atoms with van der Waals surface area (Å²) in [6.07, 6.45) is 0. The molecule has 2 heteroatoms. The van der Waals surface area contributed by atoms with E-state index in [-0.39, 0.29) is 0 Å². The summed E-state index contributed by atoms with van der Waals surface area (Å²) in [4.78, 5) is 5.32. The van der Waals surface area contributed by atoms with E-state index in [9.17, 15) is 0 Å². The van der Waals surface area contributed by atoms with Gasteiger partial charge in [0.1, 0.15) is 5.82 Å². The van der Waals surface area contributed by atoms with Crippen LogP contribution in [0.25, 0.3) is 82.7 Å². The Morgan fingerprint density at radius 2 is 0.822 bits per heavy atom. The third-order valence-corrected chi connectivity index (χ3v) is 9.01. The van der Waals surface area contributed by atoms with Gasteiger partial charge < -0.3 is 0 Å². The van der Waals surface area contributed by atoms with Gasteiger partial charge in [-0.05, 0) is 78.8 Å². The minimum atomic E-state index is 0.950. The summed E-state index contributed by atoms with van der Waals surface area (Å²) in [5.74, 6) is 0.950. The first-order chi connectivity index (χ1) is 22.4. The van der Waals surface area contributed by atoms with Gasteiger partial charge in [-0.25, -0.2) is 4.98 Å². The Labute approximate surface area is 261 Å². The Hall–Kier alpha value is -5.99. The van der Waals surface area contributed by atoms with E-state index in [4.69, 9.17) is 4.98 Å². The maximum Gasteiger partial charge on any atom is 0.146 e. The van der Waals surface area contributed by atoms with Crippen LogP contribution in [0, 0.1) is 0 Å². The molecule has 0 radical (unpaired) electrons. The molecule has 0 aliphatic rings. The minimum absolute atomic E-state index is 0.950. The van der Waals surface area contributed by atoms with Crippen molar-refractivity contribution in [1.29, 1.82) is 0 Å². The lowest BCUT2D eigenvalue weighted by atomic mass is 9.85. The van der Waals surface area contributed by atoms with E-state index in [2.05, 4.69) is 174 Å². The first kappa shape index (κ1) is 25.5. The third kappa shape index (κ3) is 4.00. The summed E-state index contributed by atoms with van der Waals surface area (Å²) < 4.78 is 2.31. The van der Waals surface area contributed by atoms with E-state index in [0.29, 0.717) is 0 Å². The van der Waals surface area contributed by atoms with E-state index >= 15 is 0 Å². The van der Waals surface area contributed by atoms with Crippen LogP contribution in [0.15, 0.2) is 170 Å². The van der Waals surface area contributed by atoms with Crippen LogP contribution in [0.1, 0.15) is 0 Å². The lowest BCUT2D eigenvalue weighted by molar-refractivity contribution is 1.11. The molecule has 9 aromatic rings. The van der Waals surface area contributed by atoms with Gasteiger partial charge in [-0.3, -0.25) is 4.57 Å². The van der Waals surface area contributed by atoms with E-state index in [1.54, 1.807) is 0 Å². The highest BCUT2D eigenvalue weighted by Gasteiger charge is 2.23. The Morgan fingerprint density at radius 1 is 0.356 bits per heavy atom. The summed E-state index contributed by atoms with van der Waals surface area (Å²) in [7, 11) is 0. The van der Waals surface area contributed by atoms with Crippen LogP contribution < -0.4 is 0 Å². The highest BCUT2D eigenvalue weighted by atomic mass is 15.1. The summed E-state index contributed by atoms with van der Waals surface area (Å²) in [5.41, 5.74) is 9.29. The highest BCUT2D eigenvalue weighted by molar-refractivity contribution is 6.24. The molecule has 1 heterocycles. The van der Waals surface area contributed by atoms with Gasteiger partial charge in [0.15, 0.2) is 0 Å². The Kier molecular flexibility index (Phi) is 5.85. The maximum atomic E-state index is 5.32. The number of para-hydroxylation sites is 3. The second kappa shape index (κ2) is 10.3. The van der Waals surface area contributed by atoms with Crippen molar-refractivity contribution in [3.8, 4) is 39.3 Å². The van der Waals surface area contributed by atoms with Crippen molar-refractivity contribution in [2.75, 3.05) is 0 Å². The molecule has 0 amide bonds. The Morgan fingerprint density at radius 3 is 1.47 bits per heavy atom. The Balaban J connectivity index is 1.41. The topological polar surface area (TPSA) is 17.8 Å². The number of aromatic nitrogens is 2. The zero-order valence-electron chi connectivity index (χ0n) is 24.6. The van der Waals surface area contributed by atoms with Crippen LogP contribution in [0.2, 0.25) is 0 Å². The molecule has 0 saturated carbocycles. The average molecular weight is 573 g/mol. The molecule has 45 heavy (non-hydrogen) atoms. The van der Waals surface area contributed by atoms with Crippen LogP contribution in [0.3, 0.4) is 0 Å². The molecule has 0 saturated heterocycles. The molecule has 0 aliphatic carbocycles. The monoisotopic (exact) mass is 572 g/mol. The van der Waals surface area contributed by atoms with Gasteiger partial charge in [0.05, 0.1) is 11.0 Å². The summed E-state index contributed by atoms with van der Waals surface area (Å²) in [6, 6.07) is 60.8. The smallest absolute Gasteiger partial charge is 0.146 e. The molecule has 210 valence electrons. The molecule has 0 aliphatic heterocycles. The first-order valence-corrected chi connectivity index (χ1v) is 15.4. The highest BCUT2D eigenvalue weighted by Crippen LogP contribution is 2.46. The first-order valence-electron chi connectivity index (χ1n) is 15.4. The number of fused-ring (bicyclic) bond motifs is 4. The molecular formula is C43H28N2. The standard InChI is InChI=1S/C43H28N2/c1-3-15-29(16-4-1)31-27-28-38(33-20-8-7-19-32(31)33)41-34-21-9-11-23-36(34)42(37-24-12-10-22-35(37)41)43-44-39-25-13-14-26-40(39)45(43)30-17-5-2-6-18-30/h1-28H. The fourth-order valence-electron chi connectivity index (χ4n) is 7.08. The second-order valence-electron chi connectivity index (χ2n) is 11.5. The maximum absolute atomic E-state index is 5.32. The lowest BCUT2D eigenvalue weighted by Gasteiger charge is -2.20. The van der Waals surface area contributed by atoms with Gasteiger partial charge in [-0.2, -0.15) is 0 Å². The summed E-state index contributed by atoms with van der Waals surface area (Å²) in [6.45, 7) is 0. The lowest BCUT2D eigenvalue weighted by Crippen LogP contribution is -1.99. The van der Waals surface area contributed by atoms with E-state index in [1.165, 1.54) is 54.6 Å². The van der Waals surface area contributed by atoms with Gasteiger partial charge >= 0.3 is 0 Å². The molecule has 0 spiro atoms. The molecule has 0 unspecified atom stereocenters. The molecule has 0 atom stereocenters. The minimum Gasteiger partial charge on any atom is -0.292 e. The zero-order chi connectivity index (χ0) is 29.7. The van der Waals surface area contributed by atoms with Gasteiger partial charge in [-0.15, -0.1) is 0 Å². The number of benzene rings is 8. The number of rotatable bonds is 4. The molecule has 9 rings (SSSR count). The summed E-state index contributed by atoms with van der Waals surface area (Å²) in [5, 5.41) is 7.32. The Bertz CT molecular complexity index is 2470. The zero-order valence-corrected chi connectivity index (χ0v) is 24.6. The van der Waals surface area contributed by atoms with Gasteiger partial charge in [-0.1, -0.05) is 146 Å². The summed E-state index contributed by atoms with van der Waals surface area (Å²) >= 11 is 0. The molecule has 8 aromatic carbocycles. The van der Waals surface area contributed by atoms with Crippen molar-refractivity contribution < 1.29 is 0 Å². The van der Waals surface area contributed by atoms with Crippen LogP contribution in [-0.4, -0.2) is 9.55 Å². The van der Waals surface area contributed by atoms with Crippen LogP contribution in [-0.2, 0) is 0 Å². The SMILES string of the molecule is c1ccc(-c2ccc(-c3c4ccccc4c(-c4nc5ccccc5n4-c4ccccc4)c4ccccc34)c3ccccc23)cc1. The molecule has 0 bridgehead atoms. The fourth-order valence-corrected chi connectivity index (χ4v) is 7.08. The third-order valence-electron chi connectivity index (χ3n) is 9.01. The largest absolute Gasteiger partial charge is 0.292 e. The molecule has 0 N–H and O–H groups in total. The fraction of sp³-hybridized carbons (Fsp3) is 0. The van der Waals surface area contributed by atoms with E-state index in [0.717, 1.165) is 28.1 Å². The second-order valence-corrected chi connectivity index (χ2v) is 11.5. The predicted molar refractivity (Wildman–Crippen MR) is 190 cm³/mol. The molecule has 0 fully saturated rings. The van der Waals surface area contributed by atoms with Crippen LogP contribution >= 0.6 is 0 Å². The van der Waals surface area contributed by atoms with Gasteiger partial charge in [0, 0.05) is 11.3 Å². The van der Waals surface area contributed by atoms with E-state index in [1.807, 2.05) is 0 Å².